The van der Waals surface area contributed by atoms with Gasteiger partial charge in [-0.25, -0.2) is 4.39 Å². The molecule has 0 atom stereocenters. The van der Waals surface area contributed by atoms with Crippen molar-refractivity contribution in [3.8, 4) is 0 Å². The zero-order chi connectivity index (χ0) is 20.6. The molecule has 0 aromatic heterocycles. The van der Waals surface area contributed by atoms with Crippen molar-refractivity contribution in [1.82, 2.24) is 4.90 Å². The van der Waals surface area contributed by atoms with E-state index < -0.39 is 5.41 Å². The van der Waals surface area contributed by atoms with Crippen LogP contribution in [0.3, 0.4) is 0 Å². The molecule has 2 aliphatic rings. The van der Waals surface area contributed by atoms with Crippen molar-refractivity contribution >= 4 is 23.2 Å². The Hall–Kier alpha value is -2.89. The second-order valence-corrected chi connectivity index (χ2v) is 8.04. The van der Waals surface area contributed by atoms with Crippen molar-refractivity contribution in [3.63, 3.8) is 0 Å². The Morgan fingerprint density at radius 2 is 1.62 bits per heavy atom. The molecular weight excluding hydrogens is 369 g/mol. The number of halogens is 1. The molecule has 152 valence electrons. The molecule has 5 nitrogen and oxygen atoms in total. The maximum atomic E-state index is 13.1. The Labute approximate surface area is 170 Å². The molecule has 2 amide bonds. The number of carbonyl (C=O) groups is 2. The normalized spacial score (nSPS) is 17.8. The number of anilines is 2. The molecule has 4 rings (SSSR count). The van der Waals surface area contributed by atoms with Crippen molar-refractivity contribution in [2.75, 3.05) is 36.4 Å². The molecule has 1 saturated carbocycles. The van der Waals surface area contributed by atoms with E-state index in [0.29, 0.717) is 31.6 Å². The highest BCUT2D eigenvalue weighted by atomic mass is 19.1. The van der Waals surface area contributed by atoms with Gasteiger partial charge < -0.3 is 15.1 Å². The second kappa shape index (κ2) is 7.50. The molecule has 1 saturated heterocycles. The van der Waals surface area contributed by atoms with Gasteiger partial charge in [0.15, 0.2) is 0 Å². The van der Waals surface area contributed by atoms with Gasteiger partial charge in [0.25, 0.3) is 0 Å². The first-order valence-electron chi connectivity index (χ1n) is 10.1. The predicted molar refractivity (Wildman–Crippen MR) is 111 cm³/mol. The first-order valence-corrected chi connectivity index (χ1v) is 10.1. The summed E-state index contributed by atoms with van der Waals surface area (Å²) in [6, 6.07) is 11.9. The zero-order valence-electron chi connectivity index (χ0n) is 16.9. The highest BCUT2D eigenvalue weighted by Crippen LogP contribution is 2.48. The third kappa shape index (κ3) is 3.71. The van der Waals surface area contributed by atoms with E-state index in [1.165, 1.54) is 41.1 Å². The van der Waals surface area contributed by atoms with Crippen molar-refractivity contribution in [2.24, 2.45) is 5.41 Å². The number of carbonyl (C=O) groups excluding carboxylic acids is 2. The molecule has 1 N–H and O–H groups in total. The molecule has 6 heteroatoms. The summed E-state index contributed by atoms with van der Waals surface area (Å²) in [6.45, 7) is 6.96. The van der Waals surface area contributed by atoms with E-state index in [1.807, 2.05) is 4.90 Å². The van der Waals surface area contributed by atoms with Crippen LogP contribution >= 0.6 is 0 Å². The maximum Gasteiger partial charge on any atom is 0.240 e. The number of amides is 2. The monoisotopic (exact) mass is 395 g/mol. The lowest BCUT2D eigenvalue weighted by atomic mass is 10.0. The molecule has 1 aliphatic heterocycles. The van der Waals surface area contributed by atoms with Crippen LogP contribution < -0.4 is 10.2 Å². The lowest BCUT2D eigenvalue weighted by Gasteiger charge is -2.38. The third-order valence-electron chi connectivity index (χ3n) is 6.18. The number of hydrogen-bond donors (Lipinski definition) is 1. The van der Waals surface area contributed by atoms with E-state index in [4.69, 9.17) is 0 Å². The van der Waals surface area contributed by atoms with Gasteiger partial charge in [-0.15, -0.1) is 0 Å². The minimum atomic E-state index is -0.962. The van der Waals surface area contributed by atoms with Gasteiger partial charge in [-0.2, -0.15) is 0 Å². The largest absolute Gasteiger partial charge is 0.368 e. The van der Waals surface area contributed by atoms with Crippen LogP contribution in [0.5, 0.6) is 0 Å². The zero-order valence-corrected chi connectivity index (χ0v) is 16.9. The van der Waals surface area contributed by atoms with Crippen molar-refractivity contribution in [1.29, 1.82) is 0 Å². The molecule has 0 spiro atoms. The minimum absolute atomic E-state index is 0.0854. The standard InChI is InChI=1S/C23H26FN3O2/c1-16-4-3-5-20(17(16)2)26-12-14-27(15-13-26)22(29)23(10-11-23)21(28)25-19-8-6-18(24)7-9-19/h3-9H,10-15H2,1-2H3,(H,25,28). The fraction of sp³-hybridized carbons (Fsp3) is 0.391. The highest BCUT2D eigenvalue weighted by Gasteiger charge is 2.58. The number of hydrogen-bond acceptors (Lipinski definition) is 3. The molecule has 1 aliphatic carbocycles. The second-order valence-electron chi connectivity index (χ2n) is 8.04. The summed E-state index contributed by atoms with van der Waals surface area (Å²) in [6.07, 6.45) is 1.13. The summed E-state index contributed by atoms with van der Waals surface area (Å²) >= 11 is 0. The van der Waals surface area contributed by atoms with E-state index in [2.05, 4.69) is 42.3 Å². The highest BCUT2D eigenvalue weighted by molar-refractivity contribution is 6.13. The third-order valence-corrected chi connectivity index (χ3v) is 6.18. The average molecular weight is 395 g/mol. The van der Waals surface area contributed by atoms with Crippen molar-refractivity contribution in [2.45, 2.75) is 26.7 Å². The Morgan fingerprint density at radius 3 is 2.24 bits per heavy atom. The maximum absolute atomic E-state index is 13.1. The smallest absolute Gasteiger partial charge is 0.240 e. The molecule has 2 aromatic rings. The van der Waals surface area contributed by atoms with E-state index in [-0.39, 0.29) is 17.6 Å². The van der Waals surface area contributed by atoms with Crippen LogP contribution in [-0.4, -0.2) is 42.9 Å². The SMILES string of the molecule is Cc1cccc(N2CCN(C(=O)C3(C(=O)Nc4ccc(F)cc4)CC3)CC2)c1C. The Morgan fingerprint density at radius 1 is 0.966 bits per heavy atom. The molecule has 2 aromatic carbocycles. The number of aryl methyl sites for hydroxylation is 1. The average Bonchev–Trinajstić information content (AvgIpc) is 3.54. The number of benzene rings is 2. The molecule has 0 bridgehead atoms. The first kappa shape index (κ1) is 19.4. The van der Waals surface area contributed by atoms with Gasteiger partial charge in [-0.05, 0) is 68.1 Å². The van der Waals surface area contributed by atoms with E-state index >= 15 is 0 Å². The quantitative estimate of drug-likeness (QED) is 0.806. The van der Waals surface area contributed by atoms with Gasteiger partial charge in [0.05, 0.1) is 0 Å². The fourth-order valence-corrected chi connectivity index (χ4v) is 3.98. The summed E-state index contributed by atoms with van der Waals surface area (Å²) in [5.41, 5.74) is 3.29. The van der Waals surface area contributed by atoms with Crippen LogP contribution in [0.4, 0.5) is 15.8 Å². The molecule has 1 heterocycles. The lowest BCUT2D eigenvalue weighted by Crippen LogP contribution is -2.52. The van der Waals surface area contributed by atoms with Crippen LogP contribution in [0.25, 0.3) is 0 Å². The van der Waals surface area contributed by atoms with E-state index in [9.17, 15) is 14.0 Å². The summed E-state index contributed by atoms with van der Waals surface area (Å²) in [7, 11) is 0. The number of nitrogens with one attached hydrogen (secondary N) is 1. The van der Waals surface area contributed by atoms with Crippen molar-refractivity contribution in [3.05, 3.63) is 59.4 Å². The lowest BCUT2D eigenvalue weighted by molar-refractivity contribution is -0.142. The summed E-state index contributed by atoms with van der Waals surface area (Å²) in [5, 5.41) is 2.78. The molecule has 29 heavy (non-hydrogen) atoms. The fourth-order valence-electron chi connectivity index (χ4n) is 3.98. The Kier molecular flexibility index (Phi) is 5.03. The van der Waals surface area contributed by atoms with Crippen LogP contribution in [0.1, 0.15) is 24.0 Å². The van der Waals surface area contributed by atoms with E-state index in [0.717, 1.165) is 13.1 Å². The topological polar surface area (TPSA) is 52.7 Å². The molecular formula is C23H26FN3O2. The Balaban J connectivity index is 1.39. The van der Waals surface area contributed by atoms with Gasteiger partial charge in [-0.3, -0.25) is 9.59 Å². The summed E-state index contributed by atoms with van der Waals surface area (Å²) < 4.78 is 13.1. The Bertz CT molecular complexity index is 930. The number of rotatable bonds is 4. The van der Waals surface area contributed by atoms with Gasteiger partial charge in [0.1, 0.15) is 11.2 Å². The van der Waals surface area contributed by atoms with Gasteiger partial charge in [-0.1, -0.05) is 12.1 Å². The first-order chi connectivity index (χ1) is 13.9. The minimum Gasteiger partial charge on any atom is -0.368 e. The number of piperazine rings is 1. The van der Waals surface area contributed by atoms with Crippen molar-refractivity contribution < 1.29 is 14.0 Å². The predicted octanol–water partition coefficient (Wildman–Crippen LogP) is 3.51. The summed E-state index contributed by atoms with van der Waals surface area (Å²) in [4.78, 5) is 30.0. The van der Waals surface area contributed by atoms with Gasteiger partial charge in [0, 0.05) is 37.6 Å². The van der Waals surface area contributed by atoms with Crippen LogP contribution in [0.2, 0.25) is 0 Å². The van der Waals surface area contributed by atoms with Gasteiger partial charge in [0.2, 0.25) is 11.8 Å². The van der Waals surface area contributed by atoms with Crippen LogP contribution in [0, 0.1) is 25.1 Å². The molecule has 2 fully saturated rings. The molecule has 0 radical (unpaired) electrons. The summed E-state index contributed by atoms with van der Waals surface area (Å²) in [5.74, 6) is -0.731. The van der Waals surface area contributed by atoms with E-state index in [1.54, 1.807) is 0 Å². The van der Waals surface area contributed by atoms with Crippen LogP contribution in [-0.2, 0) is 9.59 Å². The van der Waals surface area contributed by atoms with Gasteiger partial charge >= 0.3 is 0 Å². The molecule has 0 unspecified atom stereocenters. The number of nitrogens with zero attached hydrogens (tertiary/aromatic N) is 2. The van der Waals surface area contributed by atoms with Crippen LogP contribution in [0.15, 0.2) is 42.5 Å².